The largest absolute Gasteiger partial charge is 0.481 e. The SMILES string of the molecule is CCOCC[C@H](O)C=CC1C(O)CC2NC(=NCCCC(=O)O)CC21. The van der Waals surface area contributed by atoms with Crippen molar-refractivity contribution in [1.29, 1.82) is 0 Å². The van der Waals surface area contributed by atoms with E-state index < -0.39 is 18.2 Å². The van der Waals surface area contributed by atoms with Gasteiger partial charge in [0.05, 0.1) is 18.0 Å². The maximum absolute atomic E-state index is 10.5. The van der Waals surface area contributed by atoms with Crippen LogP contribution in [0.4, 0.5) is 0 Å². The molecule has 4 unspecified atom stereocenters. The Labute approximate surface area is 148 Å². The summed E-state index contributed by atoms with van der Waals surface area (Å²) >= 11 is 0. The fraction of sp³-hybridized carbons (Fsp3) is 0.778. The molecule has 0 aromatic heterocycles. The average molecular weight is 354 g/mol. The second kappa shape index (κ2) is 9.89. The van der Waals surface area contributed by atoms with E-state index in [0.29, 0.717) is 39.0 Å². The number of carbonyl (C=O) groups is 1. The molecule has 25 heavy (non-hydrogen) atoms. The Kier molecular flexibility index (Phi) is 7.87. The summed E-state index contributed by atoms with van der Waals surface area (Å²) in [5.74, 6) is 0.379. The first kappa shape index (κ1) is 19.9. The molecule has 1 saturated heterocycles. The molecule has 7 heteroatoms. The van der Waals surface area contributed by atoms with Gasteiger partial charge in [0.1, 0.15) is 0 Å². The van der Waals surface area contributed by atoms with Gasteiger partial charge in [0, 0.05) is 51.0 Å². The van der Waals surface area contributed by atoms with Gasteiger partial charge in [0.2, 0.25) is 0 Å². The molecule has 0 spiro atoms. The molecule has 142 valence electrons. The first-order valence-electron chi connectivity index (χ1n) is 9.15. The number of aliphatic carboxylic acids is 1. The number of aliphatic hydroxyl groups is 2. The van der Waals surface area contributed by atoms with Crippen LogP contribution < -0.4 is 5.32 Å². The number of ether oxygens (including phenoxy) is 1. The highest BCUT2D eigenvalue weighted by Gasteiger charge is 2.45. The third kappa shape index (κ3) is 6.09. The Hall–Kier alpha value is -1.44. The summed E-state index contributed by atoms with van der Waals surface area (Å²) in [5.41, 5.74) is 0. The van der Waals surface area contributed by atoms with Crippen molar-refractivity contribution >= 4 is 11.8 Å². The summed E-state index contributed by atoms with van der Waals surface area (Å²) in [6.45, 7) is 3.59. The molecular formula is C18H30N2O5. The van der Waals surface area contributed by atoms with Gasteiger partial charge < -0.3 is 25.4 Å². The van der Waals surface area contributed by atoms with Gasteiger partial charge in [0.25, 0.3) is 0 Å². The fourth-order valence-corrected chi connectivity index (χ4v) is 3.61. The van der Waals surface area contributed by atoms with Crippen molar-refractivity contribution in [2.75, 3.05) is 19.8 Å². The van der Waals surface area contributed by atoms with E-state index in [9.17, 15) is 15.0 Å². The molecule has 0 radical (unpaired) electrons. The van der Waals surface area contributed by atoms with E-state index in [-0.39, 0.29) is 24.3 Å². The van der Waals surface area contributed by atoms with E-state index in [0.717, 1.165) is 12.3 Å². The Morgan fingerprint density at radius 2 is 2.32 bits per heavy atom. The number of carboxylic acids is 1. The molecule has 0 aromatic carbocycles. The summed E-state index contributed by atoms with van der Waals surface area (Å²) < 4.78 is 5.24. The maximum atomic E-state index is 10.5. The predicted molar refractivity (Wildman–Crippen MR) is 94.6 cm³/mol. The zero-order valence-electron chi connectivity index (χ0n) is 14.8. The van der Waals surface area contributed by atoms with Gasteiger partial charge in [0.15, 0.2) is 0 Å². The van der Waals surface area contributed by atoms with Crippen LogP contribution in [0, 0.1) is 11.8 Å². The first-order valence-corrected chi connectivity index (χ1v) is 9.15. The van der Waals surface area contributed by atoms with Gasteiger partial charge in [-0.15, -0.1) is 0 Å². The van der Waals surface area contributed by atoms with Crippen LogP contribution in [0.25, 0.3) is 0 Å². The van der Waals surface area contributed by atoms with Gasteiger partial charge in [-0.05, 0) is 25.7 Å². The average Bonchev–Trinajstić information content (AvgIpc) is 3.06. The molecule has 2 fully saturated rings. The zero-order valence-corrected chi connectivity index (χ0v) is 14.8. The highest BCUT2D eigenvalue weighted by molar-refractivity contribution is 5.85. The van der Waals surface area contributed by atoms with Crippen LogP contribution in [0.5, 0.6) is 0 Å². The molecule has 1 heterocycles. The Morgan fingerprint density at radius 1 is 1.52 bits per heavy atom. The van der Waals surface area contributed by atoms with Crippen LogP contribution >= 0.6 is 0 Å². The minimum absolute atomic E-state index is 0.00552. The first-order chi connectivity index (χ1) is 12.0. The van der Waals surface area contributed by atoms with Crippen molar-refractivity contribution in [2.45, 2.75) is 57.3 Å². The lowest BCUT2D eigenvalue weighted by Gasteiger charge is -2.16. The summed E-state index contributed by atoms with van der Waals surface area (Å²) in [4.78, 5) is 15.0. The van der Waals surface area contributed by atoms with E-state index in [4.69, 9.17) is 9.84 Å². The van der Waals surface area contributed by atoms with E-state index in [1.54, 1.807) is 6.08 Å². The lowest BCUT2D eigenvalue weighted by Crippen LogP contribution is -2.27. The summed E-state index contributed by atoms with van der Waals surface area (Å²) in [5, 5.41) is 32.2. The number of nitrogens with zero attached hydrogens (tertiary/aromatic N) is 1. The van der Waals surface area contributed by atoms with Crippen LogP contribution in [-0.2, 0) is 9.53 Å². The molecule has 1 aliphatic heterocycles. The number of amidine groups is 1. The molecular weight excluding hydrogens is 324 g/mol. The number of hydrogen-bond acceptors (Lipinski definition) is 5. The number of aliphatic imine (C=N–C) groups is 1. The molecule has 5 atom stereocenters. The highest BCUT2D eigenvalue weighted by atomic mass is 16.5. The van der Waals surface area contributed by atoms with Crippen LogP contribution in [-0.4, -0.2) is 65.1 Å². The third-order valence-electron chi connectivity index (χ3n) is 4.90. The van der Waals surface area contributed by atoms with Crippen molar-refractivity contribution in [2.24, 2.45) is 16.8 Å². The highest BCUT2D eigenvalue weighted by Crippen LogP contribution is 2.39. The molecule has 2 rings (SSSR count). The number of rotatable bonds is 10. The lowest BCUT2D eigenvalue weighted by molar-refractivity contribution is -0.137. The monoisotopic (exact) mass is 354 g/mol. The van der Waals surface area contributed by atoms with Crippen molar-refractivity contribution in [3.05, 3.63) is 12.2 Å². The Bertz CT molecular complexity index is 494. The number of fused-ring (bicyclic) bond motifs is 1. The van der Waals surface area contributed by atoms with Crippen molar-refractivity contribution in [1.82, 2.24) is 5.32 Å². The van der Waals surface area contributed by atoms with Gasteiger partial charge in [-0.25, -0.2) is 0 Å². The number of aliphatic hydroxyl groups excluding tert-OH is 2. The quantitative estimate of drug-likeness (QED) is 0.343. The topological polar surface area (TPSA) is 111 Å². The Balaban J connectivity index is 1.83. The minimum Gasteiger partial charge on any atom is -0.481 e. The molecule has 0 amide bonds. The van der Waals surface area contributed by atoms with Crippen molar-refractivity contribution < 1.29 is 24.9 Å². The van der Waals surface area contributed by atoms with Crippen LogP contribution in [0.15, 0.2) is 17.1 Å². The van der Waals surface area contributed by atoms with Gasteiger partial charge >= 0.3 is 5.97 Å². The number of carboxylic acid groups (broad SMARTS) is 1. The standard InChI is InChI=1S/C18H30N2O5/c1-2-25-9-7-12(21)5-6-13-14-10-17(19-8-3-4-18(23)24)20-15(14)11-16(13)22/h5-6,12-16,21-22H,2-4,7-11H2,1H3,(H,19,20)(H,23,24)/t12-,13?,14?,15?,16?/m1/s1. The van der Waals surface area contributed by atoms with Crippen LogP contribution in [0.2, 0.25) is 0 Å². The summed E-state index contributed by atoms with van der Waals surface area (Å²) in [6, 6.07) is 0.198. The molecule has 2 aliphatic rings. The smallest absolute Gasteiger partial charge is 0.303 e. The summed E-state index contributed by atoms with van der Waals surface area (Å²) in [6.07, 6.45) is 5.37. The molecule has 1 aliphatic carbocycles. The third-order valence-corrected chi connectivity index (χ3v) is 4.90. The lowest BCUT2D eigenvalue weighted by atomic mass is 9.91. The minimum atomic E-state index is -0.798. The summed E-state index contributed by atoms with van der Waals surface area (Å²) in [7, 11) is 0. The van der Waals surface area contributed by atoms with Crippen LogP contribution in [0.3, 0.4) is 0 Å². The van der Waals surface area contributed by atoms with Crippen LogP contribution in [0.1, 0.15) is 39.0 Å². The second-order valence-electron chi connectivity index (χ2n) is 6.76. The maximum Gasteiger partial charge on any atom is 0.303 e. The van der Waals surface area contributed by atoms with E-state index >= 15 is 0 Å². The number of hydrogen-bond donors (Lipinski definition) is 4. The van der Waals surface area contributed by atoms with E-state index in [2.05, 4.69) is 10.3 Å². The number of nitrogens with one attached hydrogen (secondary N) is 1. The molecule has 0 bridgehead atoms. The second-order valence-corrected chi connectivity index (χ2v) is 6.76. The molecule has 7 nitrogen and oxygen atoms in total. The van der Waals surface area contributed by atoms with Crippen molar-refractivity contribution in [3.8, 4) is 0 Å². The van der Waals surface area contributed by atoms with Gasteiger partial charge in [-0.2, -0.15) is 0 Å². The normalized spacial score (nSPS) is 31.4. The molecule has 0 aromatic rings. The van der Waals surface area contributed by atoms with Gasteiger partial charge in [-0.3, -0.25) is 9.79 Å². The van der Waals surface area contributed by atoms with Gasteiger partial charge in [-0.1, -0.05) is 12.2 Å². The predicted octanol–water partition coefficient (Wildman–Crippen LogP) is 0.952. The van der Waals surface area contributed by atoms with E-state index in [1.807, 2.05) is 13.0 Å². The molecule has 1 saturated carbocycles. The zero-order chi connectivity index (χ0) is 18.2. The Morgan fingerprint density at radius 3 is 3.04 bits per heavy atom. The van der Waals surface area contributed by atoms with Crippen molar-refractivity contribution in [3.63, 3.8) is 0 Å². The molecule has 4 N–H and O–H groups in total. The fourth-order valence-electron chi connectivity index (χ4n) is 3.61. The van der Waals surface area contributed by atoms with E-state index in [1.165, 1.54) is 0 Å².